The van der Waals surface area contributed by atoms with Crippen molar-refractivity contribution in [1.82, 2.24) is 4.90 Å². The molecule has 2 aliphatic heterocycles. The summed E-state index contributed by atoms with van der Waals surface area (Å²) in [6.07, 6.45) is 1.79. The fourth-order valence-corrected chi connectivity index (χ4v) is 4.47. The van der Waals surface area contributed by atoms with Gasteiger partial charge in [0.1, 0.15) is 11.9 Å². The van der Waals surface area contributed by atoms with Gasteiger partial charge in [-0.25, -0.2) is 0 Å². The smallest absolute Gasteiger partial charge is 0.246 e. The van der Waals surface area contributed by atoms with Gasteiger partial charge in [-0.1, -0.05) is 39.7 Å². The molecule has 0 aliphatic carbocycles. The van der Waals surface area contributed by atoms with Gasteiger partial charge in [0.15, 0.2) is 0 Å². The molecule has 2 aliphatic rings. The van der Waals surface area contributed by atoms with E-state index in [9.17, 15) is 4.79 Å². The lowest BCUT2D eigenvalue weighted by molar-refractivity contribution is -0.119. The van der Waals surface area contributed by atoms with Crippen molar-refractivity contribution < 1.29 is 9.53 Å². The number of amides is 1. The number of rotatable bonds is 3. The molecule has 6 heteroatoms. The molecule has 2 aromatic rings. The van der Waals surface area contributed by atoms with Gasteiger partial charge in [-0.3, -0.25) is 14.6 Å². The molecule has 2 unspecified atom stereocenters. The first kappa shape index (κ1) is 16.9. The van der Waals surface area contributed by atoms with Gasteiger partial charge in [0.05, 0.1) is 18.8 Å². The summed E-state index contributed by atoms with van der Waals surface area (Å²) in [6.45, 7) is 0.910. The van der Waals surface area contributed by atoms with Crippen LogP contribution < -0.4 is 9.64 Å². The van der Waals surface area contributed by atoms with Crippen molar-refractivity contribution in [3.05, 3.63) is 57.5 Å². The summed E-state index contributed by atoms with van der Waals surface area (Å²) in [5.74, 6) is 0.766. The Hall–Kier alpha value is -1.56. The number of methoxy groups -OCH3 is 1. The molecule has 2 heterocycles. The summed E-state index contributed by atoms with van der Waals surface area (Å²) in [7, 11) is 1.61. The Morgan fingerprint density at radius 3 is 2.84 bits per heavy atom. The summed E-state index contributed by atoms with van der Waals surface area (Å²) in [5, 5.41) is 0.587. The number of anilines is 1. The molecule has 2 atom stereocenters. The summed E-state index contributed by atoms with van der Waals surface area (Å²) in [5.41, 5.74) is 1.80. The van der Waals surface area contributed by atoms with Crippen LogP contribution in [0.2, 0.25) is 5.02 Å². The molecular formula is C19H18BrClN2O2. The van der Waals surface area contributed by atoms with Gasteiger partial charge in [-0.15, -0.1) is 0 Å². The second-order valence-corrected chi connectivity index (χ2v) is 7.70. The lowest BCUT2D eigenvalue weighted by Gasteiger charge is -2.30. The second kappa shape index (κ2) is 6.63. The van der Waals surface area contributed by atoms with Crippen LogP contribution >= 0.6 is 27.5 Å². The standard InChI is InChI=1S/C19H18BrClN2O2/c1-25-17-8-7-14(21)11-16(17)23-18(12-4-2-5-13(20)10-12)22-9-3-6-15(22)19(23)24/h2,4-5,7-8,10-11,15,18H,3,6,9H2,1H3. The molecule has 0 N–H and O–H groups in total. The van der Waals surface area contributed by atoms with E-state index in [1.54, 1.807) is 13.2 Å². The number of halogens is 2. The highest BCUT2D eigenvalue weighted by Crippen LogP contribution is 2.46. The average molecular weight is 422 g/mol. The Kier molecular flexibility index (Phi) is 4.48. The van der Waals surface area contributed by atoms with Crippen molar-refractivity contribution in [3.63, 3.8) is 0 Å². The quantitative estimate of drug-likeness (QED) is 0.725. The number of carbonyl (C=O) groups excluding carboxylic acids is 1. The zero-order valence-corrected chi connectivity index (χ0v) is 16.1. The van der Waals surface area contributed by atoms with Crippen LogP contribution in [0.5, 0.6) is 5.75 Å². The van der Waals surface area contributed by atoms with Gasteiger partial charge in [0.25, 0.3) is 0 Å². The molecule has 2 saturated heterocycles. The van der Waals surface area contributed by atoms with Crippen LogP contribution in [0.3, 0.4) is 0 Å². The fourth-order valence-electron chi connectivity index (χ4n) is 3.89. The van der Waals surface area contributed by atoms with Gasteiger partial charge in [-0.05, 0) is 48.7 Å². The molecule has 0 aromatic heterocycles. The van der Waals surface area contributed by atoms with Crippen LogP contribution in [0.1, 0.15) is 24.6 Å². The number of benzene rings is 2. The van der Waals surface area contributed by atoms with Crippen LogP contribution in [0.25, 0.3) is 0 Å². The molecule has 2 fully saturated rings. The average Bonchev–Trinajstić information content (AvgIpc) is 3.17. The Labute approximate surface area is 160 Å². The third-order valence-corrected chi connectivity index (χ3v) is 5.65. The maximum atomic E-state index is 13.2. The highest BCUT2D eigenvalue weighted by atomic mass is 79.9. The third-order valence-electron chi connectivity index (χ3n) is 4.92. The van der Waals surface area contributed by atoms with Crippen LogP contribution in [-0.4, -0.2) is 30.5 Å². The molecule has 4 nitrogen and oxygen atoms in total. The monoisotopic (exact) mass is 420 g/mol. The van der Waals surface area contributed by atoms with E-state index in [0.29, 0.717) is 10.8 Å². The minimum atomic E-state index is -0.148. The summed E-state index contributed by atoms with van der Waals surface area (Å²) >= 11 is 9.77. The Morgan fingerprint density at radius 1 is 1.24 bits per heavy atom. The Balaban J connectivity index is 1.87. The lowest BCUT2D eigenvalue weighted by Crippen LogP contribution is -2.32. The number of hydrogen-bond donors (Lipinski definition) is 0. The van der Waals surface area contributed by atoms with Crippen LogP contribution in [0.15, 0.2) is 46.9 Å². The molecule has 0 spiro atoms. The first-order chi connectivity index (χ1) is 12.1. The van der Waals surface area contributed by atoms with E-state index in [1.165, 1.54) is 0 Å². The molecule has 0 bridgehead atoms. The van der Waals surface area contributed by atoms with Crippen molar-refractivity contribution in [3.8, 4) is 5.75 Å². The van der Waals surface area contributed by atoms with Crippen molar-refractivity contribution in [2.24, 2.45) is 0 Å². The molecule has 0 radical (unpaired) electrons. The van der Waals surface area contributed by atoms with Crippen LogP contribution in [0.4, 0.5) is 5.69 Å². The number of nitrogens with zero attached hydrogens (tertiary/aromatic N) is 2. The van der Waals surface area contributed by atoms with Gasteiger partial charge in [0, 0.05) is 16.0 Å². The minimum Gasteiger partial charge on any atom is -0.495 e. The molecular weight excluding hydrogens is 404 g/mol. The van der Waals surface area contributed by atoms with Crippen molar-refractivity contribution in [2.75, 3.05) is 18.6 Å². The predicted molar refractivity (Wildman–Crippen MR) is 102 cm³/mol. The zero-order chi connectivity index (χ0) is 17.6. The van der Waals surface area contributed by atoms with Gasteiger partial charge < -0.3 is 4.74 Å². The minimum absolute atomic E-state index is 0.0762. The molecule has 0 saturated carbocycles. The van der Waals surface area contributed by atoms with Crippen molar-refractivity contribution >= 4 is 39.1 Å². The molecule has 2 aromatic carbocycles. The fraction of sp³-hybridized carbons (Fsp3) is 0.316. The summed E-state index contributed by atoms with van der Waals surface area (Å²) < 4.78 is 6.51. The Bertz CT molecular complexity index is 829. The number of ether oxygens (including phenoxy) is 1. The number of carbonyl (C=O) groups is 1. The van der Waals surface area contributed by atoms with E-state index >= 15 is 0 Å². The number of hydrogen-bond acceptors (Lipinski definition) is 3. The molecule has 1 amide bonds. The van der Waals surface area contributed by atoms with Crippen molar-refractivity contribution in [2.45, 2.75) is 25.0 Å². The second-order valence-electron chi connectivity index (χ2n) is 6.35. The van der Waals surface area contributed by atoms with E-state index in [-0.39, 0.29) is 18.1 Å². The lowest BCUT2D eigenvalue weighted by atomic mass is 10.1. The normalized spacial score (nSPS) is 23.2. The van der Waals surface area contributed by atoms with Gasteiger partial charge >= 0.3 is 0 Å². The molecule has 4 rings (SSSR count). The first-order valence-electron chi connectivity index (χ1n) is 8.28. The van der Waals surface area contributed by atoms with E-state index in [4.69, 9.17) is 16.3 Å². The predicted octanol–water partition coefficient (Wildman–Crippen LogP) is 4.62. The van der Waals surface area contributed by atoms with Crippen LogP contribution in [0, 0.1) is 0 Å². The zero-order valence-electron chi connectivity index (χ0n) is 13.8. The van der Waals surface area contributed by atoms with E-state index < -0.39 is 0 Å². The van der Waals surface area contributed by atoms with Gasteiger partial charge in [-0.2, -0.15) is 0 Å². The third kappa shape index (κ3) is 2.84. The largest absolute Gasteiger partial charge is 0.495 e. The van der Waals surface area contributed by atoms with E-state index in [0.717, 1.165) is 35.1 Å². The van der Waals surface area contributed by atoms with Gasteiger partial charge in [0.2, 0.25) is 5.91 Å². The highest BCUT2D eigenvalue weighted by Gasteiger charge is 2.50. The van der Waals surface area contributed by atoms with E-state index in [2.05, 4.69) is 33.0 Å². The van der Waals surface area contributed by atoms with E-state index in [1.807, 2.05) is 29.2 Å². The Morgan fingerprint density at radius 2 is 2.08 bits per heavy atom. The van der Waals surface area contributed by atoms with Crippen LogP contribution in [-0.2, 0) is 4.79 Å². The number of fused-ring (bicyclic) bond motifs is 1. The first-order valence-corrected chi connectivity index (χ1v) is 9.45. The maximum Gasteiger partial charge on any atom is 0.246 e. The molecule has 25 heavy (non-hydrogen) atoms. The topological polar surface area (TPSA) is 32.8 Å². The molecule has 130 valence electrons. The summed E-state index contributed by atoms with van der Waals surface area (Å²) in [6, 6.07) is 13.5. The summed E-state index contributed by atoms with van der Waals surface area (Å²) in [4.78, 5) is 17.3. The van der Waals surface area contributed by atoms with Crippen molar-refractivity contribution in [1.29, 1.82) is 0 Å². The highest BCUT2D eigenvalue weighted by molar-refractivity contribution is 9.10. The maximum absolute atomic E-state index is 13.2. The SMILES string of the molecule is COc1ccc(Cl)cc1N1C(=O)C2CCCN2C1c1cccc(Br)c1.